The molecule has 1 heterocycles. The highest BCUT2D eigenvalue weighted by atomic mass is 79.9. The predicted molar refractivity (Wildman–Crippen MR) is 93.0 cm³/mol. The van der Waals surface area contributed by atoms with Crippen LogP contribution in [0.2, 0.25) is 0 Å². The largest absolute Gasteiger partial charge is 0.338 e. The monoisotopic (exact) mass is 372 g/mol. The van der Waals surface area contributed by atoms with Crippen LogP contribution in [0.25, 0.3) is 0 Å². The Labute approximate surface area is 143 Å². The molecule has 118 valence electrons. The van der Waals surface area contributed by atoms with Crippen molar-refractivity contribution >= 4 is 33.4 Å². The predicted octanol–water partition coefficient (Wildman–Crippen LogP) is 3.36. The summed E-state index contributed by atoms with van der Waals surface area (Å²) >= 11 is 3.38. The van der Waals surface area contributed by atoms with Gasteiger partial charge in [0, 0.05) is 17.6 Å². The van der Waals surface area contributed by atoms with Crippen LogP contribution in [-0.2, 0) is 22.6 Å². The average Bonchev–Trinajstić information content (AvgIpc) is 2.56. The Bertz CT molecular complexity index is 745. The van der Waals surface area contributed by atoms with Crippen molar-refractivity contribution in [2.75, 3.05) is 11.9 Å². The third kappa shape index (κ3) is 3.79. The highest BCUT2D eigenvalue weighted by Crippen LogP contribution is 2.22. The lowest BCUT2D eigenvalue weighted by atomic mass is 10.00. The van der Waals surface area contributed by atoms with Crippen molar-refractivity contribution in [1.82, 2.24) is 4.90 Å². The van der Waals surface area contributed by atoms with Crippen molar-refractivity contribution in [2.45, 2.75) is 19.4 Å². The lowest BCUT2D eigenvalue weighted by molar-refractivity contribution is -0.135. The van der Waals surface area contributed by atoms with Gasteiger partial charge in [0.1, 0.15) is 6.42 Å². The van der Waals surface area contributed by atoms with E-state index in [4.69, 9.17) is 0 Å². The molecule has 0 aromatic heterocycles. The van der Waals surface area contributed by atoms with Crippen molar-refractivity contribution in [2.24, 2.45) is 0 Å². The van der Waals surface area contributed by atoms with Crippen LogP contribution in [0.1, 0.15) is 17.5 Å². The van der Waals surface area contributed by atoms with Crippen LogP contribution in [0.4, 0.5) is 5.69 Å². The van der Waals surface area contributed by atoms with Crippen LogP contribution in [0, 0.1) is 0 Å². The van der Waals surface area contributed by atoms with Crippen LogP contribution in [0.3, 0.4) is 0 Å². The third-order valence-corrected chi connectivity index (χ3v) is 4.63. The van der Waals surface area contributed by atoms with Crippen molar-refractivity contribution in [3.8, 4) is 0 Å². The Morgan fingerprint density at radius 2 is 1.74 bits per heavy atom. The molecule has 2 aromatic rings. The number of hydrogen-bond donors (Lipinski definition) is 1. The quantitative estimate of drug-likeness (QED) is 0.839. The second-order valence-electron chi connectivity index (χ2n) is 5.54. The van der Waals surface area contributed by atoms with Gasteiger partial charge in [0.25, 0.3) is 0 Å². The van der Waals surface area contributed by atoms with E-state index in [1.165, 1.54) is 11.1 Å². The Morgan fingerprint density at radius 1 is 1.04 bits per heavy atom. The number of anilines is 1. The summed E-state index contributed by atoms with van der Waals surface area (Å²) in [5.41, 5.74) is 3.13. The number of halogens is 1. The number of amides is 2. The Balaban J connectivity index is 1.59. The van der Waals surface area contributed by atoms with E-state index in [-0.39, 0.29) is 18.2 Å². The fourth-order valence-corrected chi connectivity index (χ4v) is 3.10. The topological polar surface area (TPSA) is 49.4 Å². The summed E-state index contributed by atoms with van der Waals surface area (Å²) < 4.78 is 0.799. The first-order valence-electron chi connectivity index (χ1n) is 7.52. The molecular weight excluding hydrogens is 356 g/mol. The maximum Gasteiger partial charge on any atom is 0.233 e. The van der Waals surface area contributed by atoms with Gasteiger partial charge in [-0.15, -0.1) is 0 Å². The van der Waals surface area contributed by atoms with Crippen molar-refractivity contribution in [1.29, 1.82) is 0 Å². The Kier molecular flexibility index (Phi) is 4.76. The minimum Gasteiger partial charge on any atom is -0.338 e. The number of carbonyl (C=O) groups excluding carboxylic acids is 2. The standard InChI is InChI=1S/C18H17BrN2O2/c19-15-7-3-4-8-16(15)20-17(22)11-18(23)21-10-9-13-5-1-2-6-14(13)12-21/h1-8H,9-12H2,(H,20,22). The van der Waals surface area contributed by atoms with Crippen LogP contribution in [0.5, 0.6) is 0 Å². The minimum atomic E-state index is -0.291. The van der Waals surface area contributed by atoms with Crippen molar-refractivity contribution in [3.05, 3.63) is 64.1 Å². The molecule has 0 fully saturated rings. The molecule has 23 heavy (non-hydrogen) atoms. The number of para-hydroxylation sites is 1. The number of nitrogens with one attached hydrogen (secondary N) is 1. The summed E-state index contributed by atoms with van der Waals surface area (Å²) in [5.74, 6) is -0.426. The molecule has 2 amide bonds. The van der Waals surface area contributed by atoms with Gasteiger partial charge in [-0.2, -0.15) is 0 Å². The molecule has 1 aliphatic heterocycles. The van der Waals surface area contributed by atoms with Gasteiger partial charge in [0.2, 0.25) is 11.8 Å². The lowest BCUT2D eigenvalue weighted by Crippen LogP contribution is -2.37. The number of benzene rings is 2. The van der Waals surface area contributed by atoms with Crippen LogP contribution in [0.15, 0.2) is 53.0 Å². The second-order valence-corrected chi connectivity index (χ2v) is 6.39. The van der Waals surface area contributed by atoms with Gasteiger partial charge in [-0.1, -0.05) is 36.4 Å². The Morgan fingerprint density at radius 3 is 2.52 bits per heavy atom. The summed E-state index contributed by atoms with van der Waals surface area (Å²) in [6.07, 6.45) is 0.706. The molecule has 0 saturated heterocycles. The summed E-state index contributed by atoms with van der Waals surface area (Å²) in [7, 11) is 0. The van der Waals surface area contributed by atoms with E-state index >= 15 is 0 Å². The number of carbonyl (C=O) groups is 2. The van der Waals surface area contributed by atoms with Crippen LogP contribution in [-0.4, -0.2) is 23.3 Å². The summed E-state index contributed by atoms with van der Waals surface area (Å²) in [5, 5.41) is 2.77. The normalized spacial score (nSPS) is 13.3. The first-order chi connectivity index (χ1) is 11.1. The number of hydrogen-bond acceptors (Lipinski definition) is 2. The summed E-state index contributed by atoms with van der Waals surface area (Å²) in [4.78, 5) is 26.2. The highest BCUT2D eigenvalue weighted by Gasteiger charge is 2.22. The van der Waals surface area contributed by atoms with Gasteiger partial charge in [-0.05, 0) is 45.6 Å². The molecule has 0 radical (unpaired) electrons. The lowest BCUT2D eigenvalue weighted by Gasteiger charge is -2.28. The zero-order valence-electron chi connectivity index (χ0n) is 12.6. The second kappa shape index (κ2) is 6.96. The SMILES string of the molecule is O=C(CC(=O)N1CCc2ccccc2C1)Nc1ccccc1Br. The molecule has 0 unspecified atom stereocenters. The van der Waals surface area contributed by atoms with E-state index in [1.807, 2.05) is 36.4 Å². The maximum absolute atomic E-state index is 12.3. The molecule has 0 aliphatic carbocycles. The minimum absolute atomic E-state index is 0.135. The first-order valence-corrected chi connectivity index (χ1v) is 8.32. The highest BCUT2D eigenvalue weighted by molar-refractivity contribution is 9.10. The molecule has 0 bridgehead atoms. The summed E-state index contributed by atoms with van der Waals surface area (Å²) in [6.45, 7) is 1.25. The molecule has 0 spiro atoms. The number of nitrogens with zero attached hydrogens (tertiary/aromatic N) is 1. The fourth-order valence-electron chi connectivity index (χ4n) is 2.71. The zero-order valence-corrected chi connectivity index (χ0v) is 14.2. The van der Waals surface area contributed by atoms with Gasteiger partial charge < -0.3 is 10.2 Å². The molecule has 5 heteroatoms. The van der Waals surface area contributed by atoms with Gasteiger partial charge in [-0.3, -0.25) is 9.59 Å². The number of fused-ring (bicyclic) bond motifs is 1. The molecule has 0 atom stereocenters. The van der Waals surface area contributed by atoms with E-state index in [0.29, 0.717) is 18.8 Å². The van der Waals surface area contributed by atoms with Gasteiger partial charge in [0.15, 0.2) is 0 Å². The molecule has 3 rings (SSSR count). The first kappa shape index (κ1) is 15.7. The van der Waals surface area contributed by atoms with Gasteiger partial charge in [-0.25, -0.2) is 0 Å². The van der Waals surface area contributed by atoms with Gasteiger partial charge in [0.05, 0.1) is 5.69 Å². The molecular formula is C18H17BrN2O2. The van der Waals surface area contributed by atoms with Crippen LogP contribution < -0.4 is 5.32 Å². The van der Waals surface area contributed by atoms with Crippen molar-refractivity contribution < 1.29 is 9.59 Å². The van der Waals surface area contributed by atoms with E-state index in [2.05, 4.69) is 27.3 Å². The average molecular weight is 373 g/mol. The van der Waals surface area contributed by atoms with E-state index in [0.717, 1.165) is 10.9 Å². The fraction of sp³-hybridized carbons (Fsp3) is 0.222. The third-order valence-electron chi connectivity index (χ3n) is 3.94. The zero-order chi connectivity index (χ0) is 16.2. The Hall–Kier alpha value is -2.14. The van der Waals surface area contributed by atoms with Crippen molar-refractivity contribution in [3.63, 3.8) is 0 Å². The van der Waals surface area contributed by atoms with Crippen LogP contribution >= 0.6 is 15.9 Å². The van der Waals surface area contributed by atoms with E-state index in [1.54, 1.807) is 11.0 Å². The van der Waals surface area contributed by atoms with Gasteiger partial charge >= 0.3 is 0 Å². The molecule has 1 aliphatic rings. The maximum atomic E-state index is 12.3. The van der Waals surface area contributed by atoms with E-state index in [9.17, 15) is 9.59 Å². The van der Waals surface area contributed by atoms with E-state index < -0.39 is 0 Å². The molecule has 4 nitrogen and oxygen atoms in total. The molecule has 0 saturated carbocycles. The summed E-state index contributed by atoms with van der Waals surface area (Å²) in [6, 6.07) is 15.5. The molecule has 1 N–H and O–H groups in total. The molecule has 2 aromatic carbocycles. The number of rotatable bonds is 3. The smallest absolute Gasteiger partial charge is 0.233 e.